The Labute approximate surface area is 134 Å². The van der Waals surface area contributed by atoms with Crippen molar-refractivity contribution in [3.8, 4) is 42.1 Å². The molecule has 1 rings (SSSR count). The average Bonchev–Trinajstić information content (AvgIpc) is 2.59. The highest BCUT2D eigenvalue weighted by Gasteiger charge is 2.09. The van der Waals surface area contributed by atoms with Crippen molar-refractivity contribution in [2.24, 2.45) is 5.73 Å². The lowest BCUT2D eigenvalue weighted by atomic mass is 10.1. The molecular weight excluding hydrogens is 292 g/mol. The largest absolute Gasteiger partial charge is 0.493 e. The molecule has 0 aliphatic rings. The third-order valence-electron chi connectivity index (χ3n) is 2.71. The van der Waals surface area contributed by atoms with E-state index in [2.05, 4.69) is 5.92 Å². The fraction of sp³-hybridized carbons (Fsp3) is 0.118. The molecule has 6 nitrogen and oxygen atoms in total. The third kappa shape index (κ3) is 4.30. The zero-order valence-corrected chi connectivity index (χ0v) is 12.3. The van der Waals surface area contributed by atoms with Gasteiger partial charge in [0.15, 0.2) is 17.1 Å². The van der Waals surface area contributed by atoms with Crippen LogP contribution in [-0.4, -0.2) is 13.7 Å². The second kappa shape index (κ2) is 8.42. The maximum Gasteiger partial charge on any atom is 0.162 e. The van der Waals surface area contributed by atoms with E-state index in [9.17, 15) is 0 Å². The fourth-order valence-corrected chi connectivity index (χ4v) is 1.63. The predicted octanol–water partition coefficient (Wildman–Crippen LogP) is 1.87. The molecule has 0 unspecified atom stereocenters. The highest BCUT2D eigenvalue weighted by atomic mass is 16.5. The summed E-state index contributed by atoms with van der Waals surface area (Å²) in [4.78, 5) is 0. The zero-order valence-electron chi connectivity index (χ0n) is 12.3. The monoisotopic (exact) mass is 304 g/mol. The lowest BCUT2D eigenvalue weighted by Gasteiger charge is -2.09. The third-order valence-corrected chi connectivity index (χ3v) is 2.71. The first-order valence-electron chi connectivity index (χ1n) is 6.27. The van der Waals surface area contributed by atoms with Gasteiger partial charge in [0.05, 0.1) is 18.4 Å². The Morgan fingerprint density at radius 1 is 1.22 bits per heavy atom. The van der Waals surface area contributed by atoms with E-state index in [0.717, 1.165) is 0 Å². The van der Waals surface area contributed by atoms with Crippen LogP contribution in [0.15, 0.2) is 35.0 Å². The number of benzene rings is 1. The van der Waals surface area contributed by atoms with Gasteiger partial charge in [-0.25, -0.2) is 0 Å². The van der Waals surface area contributed by atoms with Crippen molar-refractivity contribution >= 4 is 6.08 Å². The Morgan fingerprint density at radius 3 is 2.43 bits per heavy atom. The number of nitrogens with zero attached hydrogens (tertiary/aromatic N) is 3. The standard InChI is InChI=1S/C17H12N4O2/c1-3-6-23-15-5-4-12(8-16(15)22-2)7-13(9-18)17(21)14(10-19)11-20/h1,4-5,7-8H,6,21H2,2H3/b13-7+. The molecule has 1 aromatic carbocycles. The molecule has 0 radical (unpaired) electrons. The van der Waals surface area contributed by atoms with E-state index in [1.165, 1.54) is 13.2 Å². The summed E-state index contributed by atoms with van der Waals surface area (Å²) in [6.45, 7) is 0.0956. The van der Waals surface area contributed by atoms with Gasteiger partial charge in [-0.05, 0) is 23.8 Å². The van der Waals surface area contributed by atoms with Gasteiger partial charge >= 0.3 is 0 Å². The van der Waals surface area contributed by atoms with E-state index in [-0.39, 0.29) is 23.5 Å². The van der Waals surface area contributed by atoms with Gasteiger partial charge in [0.25, 0.3) is 0 Å². The lowest BCUT2D eigenvalue weighted by molar-refractivity contribution is 0.331. The summed E-state index contributed by atoms with van der Waals surface area (Å²) < 4.78 is 10.5. The van der Waals surface area contributed by atoms with Crippen LogP contribution in [-0.2, 0) is 0 Å². The van der Waals surface area contributed by atoms with E-state index in [1.807, 2.05) is 6.07 Å². The number of hydrogen-bond acceptors (Lipinski definition) is 6. The molecule has 0 aromatic heterocycles. The van der Waals surface area contributed by atoms with Crippen LogP contribution < -0.4 is 15.2 Å². The highest BCUT2D eigenvalue weighted by Crippen LogP contribution is 2.29. The molecule has 23 heavy (non-hydrogen) atoms. The molecule has 2 N–H and O–H groups in total. The first kappa shape index (κ1) is 17.2. The van der Waals surface area contributed by atoms with E-state index in [4.69, 9.17) is 37.4 Å². The number of allylic oxidation sites excluding steroid dienone is 2. The van der Waals surface area contributed by atoms with Crippen molar-refractivity contribution in [2.45, 2.75) is 0 Å². The van der Waals surface area contributed by atoms with Crippen molar-refractivity contribution in [3.63, 3.8) is 0 Å². The Bertz CT molecular complexity index is 808. The number of nitriles is 3. The molecule has 6 heteroatoms. The number of methoxy groups -OCH3 is 1. The Kier molecular flexibility index (Phi) is 6.29. The smallest absolute Gasteiger partial charge is 0.162 e. The SMILES string of the molecule is C#CCOc1ccc(/C=C(\C#N)C(N)=C(C#N)C#N)cc1OC. The quantitative estimate of drug-likeness (QED) is 0.504. The van der Waals surface area contributed by atoms with Crippen LogP contribution in [0.1, 0.15) is 5.56 Å². The topological polar surface area (TPSA) is 116 Å². The van der Waals surface area contributed by atoms with Gasteiger partial charge in [-0.1, -0.05) is 12.0 Å². The number of hydrogen-bond donors (Lipinski definition) is 1. The second-order valence-electron chi connectivity index (χ2n) is 4.09. The number of terminal acetylenes is 1. The summed E-state index contributed by atoms with van der Waals surface area (Å²) >= 11 is 0. The summed E-state index contributed by atoms with van der Waals surface area (Å²) in [6.07, 6.45) is 6.58. The van der Waals surface area contributed by atoms with Crippen molar-refractivity contribution in [1.82, 2.24) is 0 Å². The second-order valence-corrected chi connectivity index (χ2v) is 4.09. The summed E-state index contributed by atoms with van der Waals surface area (Å²) in [6, 6.07) is 10.1. The molecule has 0 aliphatic heterocycles. The minimum atomic E-state index is -0.321. The van der Waals surface area contributed by atoms with Gasteiger partial charge in [0.1, 0.15) is 24.8 Å². The predicted molar refractivity (Wildman–Crippen MR) is 83.4 cm³/mol. The minimum absolute atomic E-state index is 0.00227. The van der Waals surface area contributed by atoms with Crippen LogP contribution in [0.5, 0.6) is 11.5 Å². The zero-order chi connectivity index (χ0) is 17.2. The van der Waals surface area contributed by atoms with Crippen LogP contribution in [0, 0.1) is 46.3 Å². The fourth-order valence-electron chi connectivity index (χ4n) is 1.63. The first-order chi connectivity index (χ1) is 11.1. The normalized spacial score (nSPS) is 9.52. The van der Waals surface area contributed by atoms with Gasteiger partial charge in [-0.15, -0.1) is 6.42 Å². The molecule has 0 fully saturated rings. The van der Waals surface area contributed by atoms with Crippen LogP contribution in [0.2, 0.25) is 0 Å². The van der Waals surface area contributed by atoms with Gasteiger partial charge in [-0.3, -0.25) is 0 Å². The lowest BCUT2D eigenvalue weighted by Crippen LogP contribution is -2.03. The van der Waals surface area contributed by atoms with Crippen molar-refractivity contribution in [2.75, 3.05) is 13.7 Å². The summed E-state index contributed by atoms with van der Waals surface area (Å²) in [5.74, 6) is 3.23. The maximum absolute atomic E-state index is 9.17. The van der Waals surface area contributed by atoms with E-state index >= 15 is 0 Å². The molecule has 0 bridgehead atoms. The molecule has 0 saturated carbocycles. The van der Waals surface area contributed by atoms with Gasteiger partial charge < -0.3 is 15.2 Å². The van der Waals surface area contributed by atoms with Crippen LogP contribution >= 0.6 is 0 Å². The van der Waals surface area contributed by atoms with Crippen molar-refractivity contribution in [3.05, 3.63) is 40.6 Å². The van der Waals surface area contributed by atoms with E-state index in [0.29, 0.717) is 17.1 Å². The summed E-state index contributed by atoms with van der Waals surface area (Å²) in [5, 5.41) is 26.8. The maximum atomic E-state index is 9.17. The summed E-state index contributed by atoms with van der Waals surface area (Å²) in [7, 11) is 1.47. The first-order valence-corrected chi connectivity index (χ1v) is 6.27. The van der Waals surface area contributed by atoms with Gasteiger partial charge in [0.2, 0.25) is 0 Å². The van der Waals surface area contributed by atoms with E-state index in [1.54, 1.807) is 30.3 Å². The Hall–Kier alpha value is -3.87. The summed E-state index contributed by atoms with van der Waals surface area (Å²) in [5.41, 5.74) is 5.77. The molecule has 1 aromatic rings. The molecule has 112 valence electrons. The highest BCUT2D eigenvalue weighted by molar-refractivity contribution is 5.67. The molecule has 0 heterocycles. The van der Waals surface area contributed by atoms with Gasteiger partial charge in [0, 0.05) is 0 Å². The number of ether oxygens (including phenoxy) is 2. The molecule has 0 aliphatic carbocycles. The van der Waals surface area contributed by atoms with Crippen LogP contribution in [0.25, 0.3) is 6.08 Å². The minimum Gasteiger partial charge on any atom is -0.493 e. The Morgan fingerprint density at radius 2 is 1.91 bits per heavy atom. The number of rotatable bonds is 5. The van der Waals surface area contributed by atoms with Crippen LogP contribution in [0.3, 0.4) is 0 Å². The molecule has 0 saturated heterocycles. The molecule has 0 atom stereocenters. The molecule has 0 amide bonds. The van der Waals surface area contributed by atoms with Crippen molar-refractivity contribution < 1.29 is 9.47 Å². The Balaban J connectivity index is 3.30. The van der Waals surface area contributed by atoms with E-state index < -0.39 is 0 Å². The van der Waals surface area contributed by atoms with Crippen molar-refractivity contribution in [1.29, 1.82) is 15.8 Å². The van der Waals surface area contributed by atoms with Crippen LogP contribution in [0.4, 0.5) is 0 Å². The molecular formula is C17H12N4O2. The average molecular weight is 304 g/mol. The van der Waals surface area contributed by atoms with Gasteiger partial charge in [-0.2, -0.15) is 15.8 Å². The molecule has 0 spiro atoms. The number of nitrogens with two attached hydrogens (primary N) is 1.